The summed E-state index contributed by atoms with van der Waals surface area (Å²) in [6.07, 6.45) is 2.59. The summed E-state index contributed by atoms with van der Waals surface area (Å²) in [6.45, 7) is 7.03. The molecular formula is C28H41N5O6. The molecule has 0 unspecified atom stereocenters. The van der Waals surface area contributed by atoms with E-state index < -0.39 is 41.3 Å². The van der Waals surface area contributed by atoms with Crippen LogP contribution in [-0.4, -0.2) is 69.9 Å². The first-order valence-electron chi connectivity index (χ1n) is 13.7. The average molecular weight is 544 g/mol. The third-order valence-corrected chi connectivity index (χ3v) is 7.51. The number of fused-ring (bicyclic) bond motifs is 1. The van der Waals surface area contributed by atoms with Crippen molar-refractivity contribution in [3.05, 3.63) is 35.4 Å². The normalized spacial score (nSPS) is 21.7. The topological polar surface area (TPSA) is 157 Å². The van der Waals surface area contributed by atoms with Gasteiger partial charge in [0.2, 0.25) is 29.5 Å². The SMILES string of the molecule is CC(C)[C@@H]1NC(=O)C2(Cc3ccccc3C2)NC(=O)[C@H](CCCCCC(=O)NO)NC(=O)CN(C(C)C)C1=O. The van der Waals surface area contributed by atoms with Crippen LogP contribution in [0.4, 0.5) is 0 Å². The fourth-order valence-corrected chi connectivity index (χ4v) is 5.26. The van der Waals surface area contributed by atoms with Crippen LogP contribution in [0.25, 0.3) is 0 Å². The molecule has 0 aromatic heterocycles. The summed E-state index contributed by atoms with van der Waals surface area (Å²) in [6, 6.07) is 5.51. The average Bonchev–Trinajstić information content (AvgIpc) is 3.27. The number of hydroxylamine groups is 1. The zero-order chi connectivity index (χ0) is 28.7. The maximum Gasteiger partial charge on any atom is 0.247 e. The molecule has 11 heteroatoms. The lowest BCUT2D eigenvalue weighted by Gasteiger charge is -2.37. The van der Waals surface area contributed by atoms with E-state index in [-0.39, 0.29) is 50.1 Å². The molecule has 2 aliphatic rings. The number of hydrogen-bond acceptors (Lipinski definition) is 6. The van der Waals surface area contributed by atoms with Gasteiger partial charge >= 0.3 is 0 Å². The van der Waals surface area contributed by atoms with E-state index >= 15 is 0 Å². The first-order valence-corrected chi connectivity index (χ1v) is 13.7. The Morgan fingerprint density at radius 2 is 1.67 bits per heavy atom. The minimum absolute atomic E-state index is 0.143. The van der Waals surface area contributed by atoms with Gasteiger partial charge in [0.05, 0.1) is 6.54 Å². The fourth-order valence-electron chi connectivity index (χ4n) is 5.26. The summed E-state index contributed by atoms with van der Waals surface area (Å²) in [5.74, 6) is -2.44. The number of nitrogens with one attached hydrogen (secondary N) is 4. The summed E-state index contributed by atoms with van der Waals surface area (Å²) < 4.78 is 0. The highest BCUT2D eigenvalue weighted by Crippen LogP contribution is 2.31. The quantitative estimate of drug-likeness (QED) is 0.187. The Labute approximate surface area is 229 Å². The monoisotopic (exact) mass is 543 g/mol. The van der Waals surface area contributed by atoms with Gasteiger partial charge in [-0.25, -0.2) is 5.48 Å². The zero-order valence-electron chi connectivity index (χ0n) is 23.2. The summed E-state index contributed by atoms with van der Waals surface area (Å²) in [5.41, 5.74) is 2.17. The molecule has 1 saturated heterocycles. The molecular weight excluding hydrogens is 502 g/mol. The molecule has 5 N–H and O–H groups in total. The van der Waals surface area contributed by atoms with Crippen LogP contribution in [0.3, 0.4) is 0 Å². The predicted octanol–water partition coefficient (Wildman–Crippen LogP) is 0.972. The Bertz CT molecular complexity index is 1060. The maximum atomic E-state index is 13.9. The number of hydrogen-bond donors (Lipinski definition) is 5. The van der Waals surface area contributed by atoms with Gasteiger partial charge in [0.1, 0.15) is 17.6 Å². The molecule has 1 heterocycles. The molecule has 3 rings (SSSR count). The second-order valence-electron chi connectivity index (χ2n) is 11.2. The van der Waals surface area contributed by atoms with Crippen LogP contribution in [-0.2, 0) is 36.8 Å². The van der Waals surface area contributed by atoms with E-state index in [9.17, 15) is 24.0 Å². The Hall–Kier alpha value is -3.47. The molecule has 1 aromatic carbocycles. The number of benzene rings is 1. The van der Waals surface area contributed by atoms with Gasteiger partial charge in [-0.3, -0.25) is 29.2 Å². The molecule has 1 fully saturated rings. The molecule has 0 radical (unpaired) electrons. The van der Waals surface area contributed by atoms with Crippen molar-refractivity contribution in [3.63, 3.8) is 0 Å². The lowest BCUT2D eigenvalue weighted by atomic mass is 9.91. The van der Waals surface area contributed by atoms with Crippen LogP contribution in [0.1, 0.15) is 70.9 Å². The molecule has 1 aromatic rings. The van der Waals surface area contributed by atoms with Gasteiger partial charge in [0.15, 0.2) is 0 Å². The fraction of sp³-hybridized carbons (Fsp3) is 0.607. The molecule has 11 nitrogen and oxygen atoms in total. The first-order chi connectivity index (χ1) is 18.5. The Morgan fingerprint density at radius 1 is 1.03 bits per heavy atom. The van der Waals surface area contributed by atoms with Crippen LogP contribution >= 0.6 is 0 Å². The largest absolute Gasteiger partial charge is 0.343 e. The van der Waals surface area contributed by atoms with E-state index in [1.165, 1.54) is 4.90 Å². The number of carbonyl (C=O) groups is 5. The highest BCUT2D eigenvalue weighted by Gasteiger charge is 2.48. The van der Waals surface area contributed by atoms with Crippen molar-refractivity contribution in [2.45, 2.75) is 96.3 Å². The predicted molar refractivity (Wildman–Crippen MR) is 143 cm³/mol. The highest BCUT2D eigenvalue weighted by molar-refractivity contribution is 5.99. The van der Waals surface area contributed by atoms with Crippen molar-refractivity contribution in [1.82, 2.24) is 26.3 Å². The Kier molecular flexibility index (Phi) is 10.1. The number of unbranched alkanes of at least 4 members (excludes halogenated alkanes) is 2. The number of carbonyl (C=O) groups excluding carboxylic acids is 5. The van der Waals surface area contributed by atoms with Gasteiger partial charge in [-0.2, -0.15) is 0 Å². The van der Waals surface area contributed by atoms with Crippen molar-refractivity contribution in [2.24, 2.45) is 5.92 Å². The van der Waals surface area contributed by atoms with E-state index in [2.05, 4.69) is 16.0 Å². The molecule has 0 bridgehead atoms. The number of rotatable bonds is 8. The zero-order valence-corrected chi connectivity index (χ0v) is 23.2. The smallest absolute Gasteiger partial charge is 0.247 e. The first kappa shape index (κ1) is 30.1. The molecule has 214 valence electrons. The summed E-state index contributed by atoms with van der Waals surface area (Å²) >= 11 is 0. The van der Waals surface area contributed by atoms with Crippen molar-refractivity contribution < 1.29 is 29.2 Å². The second kappa shape index (κ2) is 13.1. The number of nitrogens with zero attached hydrogens (tertiary/aromatic N) is 1. The summed E-state index contributed by atoms with van der Waals surface area (Å²) in [5, 5.41) is 17.3. The van der Waals surface area contributed by atoms with Crippen molar-refractivity contribution in [1.29, 1.82) is 0 Å². The minimum atomic E-state index is -1.31. The Morgan fingerprint density at radius 3 is 2.23 bits per heavy atom. The highest BCUT2D eigenvalue weighted by atomic mass is 16.5. The minimum Gasteiger partial charge on any atom is -0.343 e. The van der Waals surface area contributed by atoms with E-state index in [0.717, 1.165) is 11.1 Å². The molecule has 2 atom stereocenters. The van der Waals surface area contributed by atoms with Gasteiger partial charge < -0.3 is 20.9 Å². The summed E-state index contributed by atoms with van der Waals surface area (Å²) in [4.78, 5) is 67.0. The van der Waals surface area contributed by atoms with Gasteiger partial charge in [-0.1, -0.05) is 51.0 Å². The molecule has 0 saturated carbocycles. The van der Waals surface area contributed by atoms with Crippen molar-refractivity contribution in [3.8, 4) is 0 Å². The van der Waals surface area contributed by atoms with E-state index in [1.54, 1.807) is 19.3 Å². The molecule has 1 spiro atoms. The van der Waals surface area contributed by atoms with Crippen molar-refractivity contribution in [2.75, 3.05) is 6.54 Å². The van der Waals surface area contributed by atoms with Gasteiger partial charge in [0.25, 0.3) is 0 Å². The molecule has 5 amide bonds. The van der Waals surface area contributed by atoms with Crippen LogP contribution < -0.4 is 21.4 Å². The molecule has 1 aliphatic carbocycles. The van der Waals surface area contributed by atoms with E-state index in [4.69, 9.17) is 5.21 Å². The lowest BCUT2D eigenvalue weighted by Crippen LogP contribution is -2.67. The standard InChI is InChI=1S/C28H41N5O6/c1-17(2)24-26(37)33(18(3)4)16-23(35)29-21(12-6-5-7-13-22(34)32-39)25(36)31-28(27(38)30-24)14-19-10-8-9-11-20(19)15-28/h8-11,17-18,21,24,39H,5-7,12-16H2,1-4H3,(H,29,35)(H,30,38)(H,31,36)(H,32,34)/t21-,24-/m0/s1. The number of amides is 5. The van der Waals surface area contributed by atoms with Gasteiger partial charge in [-0.05, 0) is 43.7 Å². The van der Waals surface area contributed by atoms with Gasteiger partial charge in [-0.15, -0.1) is 0 Å². The van der Waals surface area contributed by atoms with Crippen LogP contribution in [0.5, 0.6) is 0 Å². The van der Waals surface area contributed by atoms with Crippen LogP contribution in [0.15, 0.2) is 24.3 Å². The Balaban J connectivity index is 1.92. The molecule has 39 heavy (non-hydrogen) atoms. The van der Waals surface area contributed by atoms with E-state index in [0.29, 0.717) is 19.3 Å². The molecule has 1 aliphatic heterocycles. The second-order valence-corrected chi connectivity index (χ2v) is 11.2. The summed E-state index contributed by atoms with van der Waals surface area (Å²) in [7, 11) is 0. The van der Waals surface area contributed by atoms with Crippen LogP contribution in [0.2, 0.25) is 0 Å². The lowest BCUT2D eigenvalue weighted by molar-refractivity contribution is -0.145. The third kappa shape index (κ3) is 7.35. The third-order valence-electron chi connectivity index (χ3n) is 7.51. The van der Waals surface area contributed by atoms with Gasteiger partial charge in [0, 0.05) is 25.3 Å². The van der Waals surface area contributed by atoms with Crippen molar-refractivity contribution >= 4 is 29.5 Å². The van der Waals surface area contributed by atoms with E-state index in [1.807, 2.05) is 38.1 Å². The maximum absolute atomic E-state index is 13.9. The van der Waals surface area contributed by atoms with Crippen LogP contribution in [0, 0.1) is 5.92 Å².